The van der Waals surface area contributed by atoms with Crippen LogP contribution in [0.4, 0.5) is 0 Å². The molecule has 3 rings (SSSR count). The standard InChI is InChI=1S/C15H19BrO3/c1-9-6-15(7-10(2)18-9)8-13(17)12-5-11(16)3-4-14(12)19-15/h3-5,9-10,13,17H,6-8H2,1-2H3/t9?,10?,13-,15?/m0/s1. The number of ether oxygens (including phenoxy) is 2. The Balaban J connectivity index is 1.94. The number of halogens is 1. The van der Waals surface area contributed by atoms with Crippen molar-refractivity contribution in [2.45, 2.75) is 57.0 Å². The Bertz CT molecular complexity index is 478. The number of benzene rings is 1. The van der Waals surface area contributed by atoms with Crippen molar-refractivity contribution in [3.05, 3.63) is 28.2 Å². The first-order chi connectivity index (χ1) is 8.97. The van der Waals surface area contributed by atoms with Crippen molar-refractivity contribution in [3.63, 3.8) is 0 Å². The number of hydrogen-bond acceptors (Lipinski definition) is 3. The van der Waals surface area contributed by atoms with Crippen molar-refractivity contribution in [1.82, 2.24) is 0 Å². The summed E-state index contributed by atoms with van der Waals surface area (Å²) in [6.07, 6.45) is 2.21. The molecule has 0 amide bonds. The van der Waals surface area contributed by atoms with Crippen LogP contribution in [0.25, 0.3) is 0 Å². The van der Waals surface area contributed by atoms with Crippen molar-refractivity contribution >= 4 is 15.9 Å². The largest absolute Gasteiger partial charge is 0.487 e. The minimum Gasteiger partial charge on any atom is -0.487 e. The molecule has 3 atom stereocenters. The van der Waals surface area contributed by atoms with Gasteiger partial charge in [-0.1, -0.05) is 15.9 Å². The van der Waals surface area contributed by atoms with Gasteiger partial charge in [-0.05, 0) is 32.0 Å². The van der Waals surface area contributed by atoms with E-state index < -0.39 is 6.10 Å². The minimum atomic E-state index is -0.459. The molecular formula is C15H19BrO3. The molecule has 1 aromatic rings. The fourth-order valence-electron chi connectivity index (χ4n) is 3.48. The number of rotatable bonds is 0. The molecule has 1 aromatic carbocycles. The van der Waals surface area contributed by atoms with E-state index in [4.69, 9.17) is 9.47 Å². The maximum atomic E-state index is 10.4. The zero-order valence-corrected chi connectivity index (χ0v) is 12.8. The molecule has 4 heteroatoms. The summed E-state index contributed by atoms with van der Waals surface area (Å²) in [5.41, 5.74) is 0.601. The molecule has 0 aromatic heterocycles. The smallest absolute Gasteiger partial charge is 0.126 e. The summed E-state index contributed by atoms with van der Waals surface area (Å²) in [5.74, 6) is 0.809. The molecule has 1 N–H and O–H groups in total. The van der Waals surface area contributed by atoms with Crippen LogP contribution >= 0.6 is 15.9 Å². The first kappa shape index (κ1) is 13.4. The van der Waals surface area contributed by atoms with Gasteiger partial charge in [0, 0.05) is 29.3 Å². The van der Waals surface area contributed by atoms with E-state index >= 15 is 0 Å². The third kappa shape index (κ3) is 2.54. The van der Waals surface area contributed by atoms with Crippen LogP contribution in [-0.2, 0) is 4.74 Å². The fraction of sp³-hybridized carbons (Fsp3) is 0.600. The van der Waals surface area contributed by atoms with Gasteiger partial charge in [0.2, 0.25) is 0 Å². The molecule has 0 saturated carbocycles. The summed E-state index contributed by atoms with van der Waals surface area (Å²) < 4.78 is 13.0. The van der Waals surface area contributed by atoms with Gasteiger partial charge in [0.25, 0.3) is 0 Å². The highest BCUT2D eigenvalue weighted by Gasteiger charge is 2.45. The Morgan fingerprint density at radius 3 is 2.58 bits per heavy atom. The molecule has 1 spiro atoms. The molecule has 1 saturated heterocycles. The first-order valence-electron chi connectivity index (χ1n) is 6.79. The highest BCUT2D eigenvalue weighted by Crippen LogP contribution is 2.46. The number of fused-ring (bicyclic) bond motifs is 1. The summed E-state index contributed by atoms with van der Waals surface area (Å²) in [5, 5.41) is 10.4. The molecule has 2 aliphatic rings. The summed E-state index contributed by atoms with van der Waals surface area (Å²) in [4.78, 5) is 0. The van der Waals surface area contributed by atoms with Crippen LogP contribution in [0.5, 0.6) is 5.75 Å². The normalized spacial score (nSPS) is 37.8. The Hall–Kier alpha value is -0.580. The predicted molar refractivity (Wildman–Crippen MR) is 76.3 cm³/mol. The van der Waals surface area contributed by atoms with E-state index in [-0.39, 0.29) is 17.8 Å². The van der Waals surface area contributed by atoms with Gasteiger partial charge in [-0.15, -0.1) is 0 Å². The molecule has 104 valence electrons. The third-order valence-electron chi connectivity index (χ3n) is 4.01. The lowest BCUT2D eigenvalue weighted by Gasteiger charge is -2.46. The number of aliphatic hydroxyl groups is 1. The second-order valence-electron chi connectivity index (χ2n) is 5.85. The van der Waals surface area contributed by atoms with Crippen molar-refractivity contribution in [2.24, 2.45) is 0 Å². The Morgan fingerprint density at radius 1 is 1.21 bits per heavy atom. The van der Waals surface area contributed by atoms with Gasteiger partial charge in [0.15, 0.2) is 0 Å². The van der Waals surface area contributed by atoms with Gasteiger partial charge in [0.05, 0.1) is 18.3 Å². The lowest BCUT2D eigenvalue weighted by molar-refractivity contribution is -0.140. The zero-order chi connectivity index (χ0) is 13.6. The molecule has 0 bridgehead atoms. The molecule has 19 heavy (non-hydrogen) atoms. The highest BCUT2D eigenvalue weighted by atomic mass is 79.9. The number of hydrogen-bond donors (Lipinski definition) is 1. The van der Waals surface area contributed by atoms with E-state index in [2.05, 4.69) is 29.8 Å². The molecule has 2 heterocycles. The lowest BCUT2D eigenvalue weighted by atomic mass is 9.79. The fourth-order valence-corrected chi connectivity index (χ4v) is 3.86. The van der Waals surface area contributed by atoms with Crippen LogP contribution in [0.2, 0.25) is 0 Å². The average Bonchev–Trinajstić information content (AvgIpc) is 2.28. The quantitative estimate of drug-likeness (QED) is 0.791. The third-order valence-corrected chi connectivity index (χ3v) is 4.50. The minimum absolute atomic E-state index is 0.174. The van der Waals surface area contributed by atoms with Crippen molar-refractivity contribution < 1.29 is 14.6 Å². The summed E-state index contributed by atoms with van der Waals surface area (Å²) >= 11 is 3.44. The van der Waals surface area contributed by atoms with Crippen molar-refractivity contribution in [3.8, 4) is 5.75 Å². The van der Waals surface area contributed by atoms with Crippen molar-refractivity contribution in [2.75, 3.05) is 0 Å². The van der Waals surface area contributed by atoms with Gasteiger partial charge in [-0.2, -0.15) is 0 Å². The molecular weight excluding hydrogens is 308 g/mol. The van der Waals surface area contributed by atoms with Crippen LogP contribution in [-0.4, -0.2) is 22.9 Å². The lowest BCUT2D eigenvalue weighted by Crippen LogP contribution is -2.50. The highest BCUT2D eigenvalue weighted by molar-refractivity contribution is 9.10. The zero-order valence-electron chi connectivity index (χ0n) is 11.2. The molecule has 3 nitrogen and oxygen atoms in total. The average molecular weight is 327 g/mol. The molecule has 0 aliphatic carbocycles. The van der Waals surface area contributed by atoms with E-state index in [0.29, 0.717) is 6.42 Å². The Labute approximate surface area is 122 Å². The van der Waals surface area contributed by atoms with Crippen molar-refractivity contribution in [1.29, 1.82) is 0 Å². The summed E-state index contributed by atoms with van der Waals surface area (Å²) in [6.45, 7) is 4.15. The second kappa shape index (κ2) is 4.76. The van der Waals surface area contributed by atoms with Crippen LogP contribution < -0.4 is 4.74 Å². The van der Waals surface area contributed by atoms with Gasteiger partial charge in [0.1, 0.15) is 11.4 Å². The summed E-state index contributed by atoms with van der Waals surface area (Å²) in [7, 11) is 0. The number of aliphatic hydroxyl groups excluding tert-OH is 1. The first-order valence-corrected chi connectivity index (χ1v) is 7.59. The van der Waals surface area contributed by atoms with E-state index in [1.807, 2.05) is 18.2 Å². The van der Waals surface area contributed by atoms with E-state index in [1.54, 1.807) is 0 Å². The molecule has 2 unspecified atom stereocenters. The van der Waals surface area contributed by atoms with Gasteiger partial charge >= 0.3 is 0 Å². The second-order valence-corrected chi connectivity index (χ2v) is 6.77. The van der Waals surface area contributed by atoms with Crippen LogP contribution in [0, 0.1) is 0 Å². The van der Waals surface area contributed by atoms with Gasteiger partial charge in [-0.25, -0.2) is 0 Å². The maximum Gasteiger partial charge on any atom is 0.126 e. The maximum absolute atomic E-state index is 10.4. The van der Waals surface area contributed by atoms with E-state index in [0.717, 1.165) is 28.6 Å². The topological polar surface area (TPSA) is 38.7 Å². The van der Waals surface area contributed by atoms with E-state index in [9.17, 15) is 5.11 Å². The van der Waals surface area contributed by atoms with Crippen LogP contribution in [0.1, 0.15) is 44.8 Å². The predicted octanol–water partition coefficient (Wildman–Crippen LogP) is 3.59. The summed E-state index contributed by atoms with van der Waals surface area (Å²) in [6, 6.07) is 5.84. The van der Waals surface area contributed by atoms with Crippen LogP contribution in [0.15, 0.2) is 22.7 Å². The van der Waals surface area contributed by atoms with Crippen LogP contribution in [0.3, 0.4) is 0 Å². The monoisotopic (exact) mass is 326 g/mol. The molecule has 2 aliphatic heterocycles. The van der Waals surface area contributed by atoms with Gasteiger partial charge in [-0.3, -0.25) is 0 Å². The Morgan fingerprint density at radius 2 is 1.89 bits per heavy atom. The van der Waals surface area contributed by atoms with E-state index in [1.165, 1.54) is 0 Å². The van der Waals surface area contributed by atoms with Gasteiger partial charge < -0.3 is 14.6 Å². The Kier molecular flexibility index (Phi) is 3.36. The SMILES string of the molecule is CC1CC2(CC(C)O1)C[C@H](O)c1cc(Br)ccc1O2. The molecule has 0 radical (unpaired) electrons. The molecule has 1 fully saturated rings.